The Morgan fingerprint density at radius 3 is 1.31 bits per heavy atom. The minimum Gasteiger partial charge on any atom is -0.152 e. The van der Waals surface area contributed by atoms with Crippen LogP contribution in [-0.2, 0) is 7.59 Å². The zero-order valence-corrected chi connectivity index (χ0v) is 11.2. The summed E-state index contributed by atoms with van der Waals surface area (Å²) in [6, 6.07) is 0. The molecule has 0 atom stereocenters. The van der Waals surface area contributed by atoms with Gasteiger partial charge in [0.2, 0.25) is 7.59 Å². The lowest BCUT2D eigenvalue weighted by atomic mass is 10.2. The quantitative estimate of drug-likeness (QED) is 0.562. The van der Waals surface area contributed by atoms with Crippen molar-refractivity contribution in [1.82, 2.24) is 0 Å². The van der Waals surface area contributed by atoms with Crippen LogP contribution in [0.3, 0.4) is 0 Å². The molecule has 0 fully saturated rings. The molecule has 0 saturated carbocycles. The van der Waals surface area contributed by atoms with E-state index in [1.54, 1.807) is 10.8 Å². The summed E-state index contributed by atoms with van der Waals surface area (Å²) in [6.45, 7) is 0. The van der Waals surface area contributed by atoms with Gasteiger partial charge in [-0.15, -0.1) is 0 Å². The summed E-state index contributed by atoms with van der Waals surface area (Å²) in [5.74, 6) is 0. The summed E-state index contributed by atoms with van der Waals surface area (Å²) in [5, 5.41) is 3.29. The molecular formula is C6H2Cl6S. The van der Waals surface area contributed by atoms with E-state index in [1.165, 1.54) is 11.3 Å². The highest BCUT2D eigenvalue weighted by atomic mass is 35.6. The summed E-state index contributed by atoms with van der Waals surface area (Å²) in [7, 11) is 0. The Morgan fingerprint density at radius 2 is 1.08 bits per heavy atom. The molecule has 1 rings (SSSR count). The molecule has 1 aromatic rings. The van der Waals surface area contributed by atoms with Crippen LogP contribution < -0.4 is 0 Å². The Balaban J connectivity index is 3.19. The van der Waals surface area contributed by atoms with Crippen LogP contribution in [0.5, 0.6) is 0 Å². The average molecular weight is 319 g/mol. The lowest BCUT2D eigenvalue weighted by Crippen LogP contribution is -2.08. The van der Waals surface area contributed by atoms with Crippen LogP contribution in [0.15, 0.2) is 10.8 Å². The van der Waals surface area contributed by atoms with Gasteiger partial charge in [-0.25, -0.2) is 0 Å². The molecule has 0 N–H and O–H groups in total. The van der Waals surface area contributed by atoms with E-state index in [1.807, 2.05) is 0 Å². The fraction of sp³-hybridized carbons (Fsp3) is 0.333. The zero-order chi connectivity index (χ0) is 10.3. The van der Waals surface area contributed by atoms with E-state index >= 15 is 0 Å². The van der Waals surface area contributed by atoms with Gasteiger partial charge in [0.1, 0.15) is 0 Å². The van der Waals surface area contributed by atoms with Gasteiger partial charge in [-0.3, -0.25) is 0 Å². The summed E-state index contributed by atoms with van der Waals surface area (Å²) in [4.78, 5) is 0. The van der Waals surface area contributed by atoms with E-state index in [9.17, 15) is 0 Å². The van der Waals surface area contributed by atoms with E-state index in [4.69, 9.17) is 69.6 Å². The van der Waals surface area contributed by atoms with Crippen LogP contribution >= 0.6 is 80.9 Å². The van der Waals surface area contributed by atoms with Gasteiger partial charge >= 0.3 is 0 Å². The second-order valence-corrected chi connectivity index (χ2v) is 7.50. The van der Waals surface area contributed by atoms with Crippen molar-refractivity contribution < 1.29 is 0 Å². The molecule has 0 amide bonds. The largest absolute Gasteiger partial charge is 0.217 e. The first kappa shape index (κ1) is 12.5. The lowest BCUT2D eigenvalue weighted by Gasteiger charge is -2.16. The number of halogens is 6. The van der Waals surface area contributed by atoms with Gasteiger partial charge in [0.15, 0.2) is 0 Å². The Bertz CT molecular complexity index is 264. The maximum Gasteiger partial charge on any atom is 0.217 e. The molecule has 0 aliphatic rings. The van der Waals surface area contributed by atoms with Crippen molar-refractivity contribution in [3.05, 3.63) is 21.9 Å². The Morgan fingerprint density at radius 1 is 0.769 bits per heavy atom. The highest BCUT2D eigenvalue weighted by Crippen LogP contribution is 2.49. The van der Waals surface area contributed by atoms with Crippen molar-refractivity contribution in [1.29, 1.82) is 0 Å². The molecular weight excluding hydrogens is 317 g/mol. The van der Waals surface area contributed by atoms with Gasteiger partial charge < -0.3 is 0 Å². The number of rotatable bonds is 0. The summed E-state index contributed by atoms with van der Waals surface area (Å²) in [6.07, 6.45) is 0. The first-order valence-corrected chi connectivity index (χ1v) is 6.14. The Hall–Kier alpha value is 1.44. The normalized spacial score (nSPS) is 13.4. The molecule has 13 heavy (non-hydrogen) atoms. The van der Waals surface area contributed by atoms with E-state index in [2.05, 4.69) is 0 Å². The minimum atomic E-state index is -1.56. The van der Waals surface area contributed by atoms with Crippen molar-refractivity contribution in [3.8, 4) is 0 Å². The molecule has 0 unspecified atom stereocenters. The van der Waals surface area contributed by atoms with Gasteiger partial charge in [-0.1, -0.05) is 69.6 Å². The molecule has 0 radical (unpaired) electrons. The minimum absolute atomic E-state index is 0.405. The van der Waals surface area contributed by atoms with Gasteiger partial charge in [-0.2, -0.15) is 11.3 Å². The standard InChI is InChI=1S/C6H2Cl6S/c7-5(8,9)3-1-13-2-4(3)6(10,11)12/h1-2H. The van der Waals surface area contributed by atoms with E-state index < -0.39 is 7.59 Å². The predicted octanol–water partition coefficient (Wildman–Crippen LogP) is 5.40. The molecule has 0 aliphatic heterocycles. The molecule has 7 heteroatoms. The summed E-state index contributed by atoms with van der Waals surface area (Å²) < 4.78 is -3.11. The first-order chi connectivity index (χ1) is 5.73. The van der Waals surface area contributed by atoms with Gasteiger partial charge in [0, 0.05) is 11.1 Å². The highest BCUT2D eigenvalue weighted by Gasteiger charge is 2.35. The molecule has 1 heterocycles. The molecule has 0 nitrogen and oxygen atoms in total. The lowest BCUT2D eigenvalue weighted by molar-refractivity contribution is 1.14. The smallest absolute Gasteiger partial charge is 0.152 e. The van der Waals surface area contributed by atoms with Crippen molar-refractivity contribution >= 4 is 80.9 Å². The number of alkyl halides is 6. The SMILES string of the molecule is ClC(Cl)(Cl)c1cscc1C(Cl)(Cl)Cl. The molecule has 1 aromatic heterocycles. The number of hydrogen-bond acceptors (Lipinski definition) is 1. The Labute approximate surface area is 110 Å². The van der Waals surface area contributed by atoms with Gasteiger partial charge in [0.25, 0.3) is 0 Å². The maximum absolute atomic E-state index is 5.67. The van der Waals surface area contributed by atoms with Crippen LogP contribution in [0, 0.1) is 0 Å². The van der Waals surface area contributed by atoms with E-state index in [-0.39, 0.29) is 0 Å². The van der Waals surface area contributed by atoms with E-state index in [0.29, 0.717) is 11.1 Å². The third kappa shape index (κ3) is 3.20. The summed E-state index contributed by atoms with van der Waals surface area (Å²) in [5.41, 5.74) is 0.810. The van der Waals surface area contributed by atoms with Crippen molar-refractivity contribution in [2.45, 2.75) is 7.59 Å². The molecule has 0 aromatic carbocycles. The van der Waals surface area contributed by atoms with Gasteiger partial charge in [-0.05, 0) is 10.8 Å². The molecule has 74 valence electrons. The molecule has 0 spiro atoms. The van der Waals surface area contributed by atoms with Gasteiger partial charge in [0.05, 0.1) is 0 Å². The van der Waals surface area contributed by atoms with Crippen molar-refractivity contribution in [2.75, 3.05) is 0 Å². The number of thiophene rings is 1. The topological polar surface area (TPSA) is 0 Å². The van der Waals surface area contributed by atoms with Crippen molar-refractivity contribution in [3.63, 3.8) is 0 Å². The maximum atomic E-state index is 5.67. The third-order valence-electron chi connectivity index (χ3n) is 1.27. The number of hydrogen-bond donors (Lipinski definition) is 0. The Kier molecular flexibility index (Phi) is 3.97. The van der Waals surface area contributed by atoms with Crippen LogP contribution in [-0.4, -0.2) is 0 Å². The second kappa shape index (κ2) is 4.13. The fourth-order valence-electron chi connectivity index (χ4n) is 0.736. The molecule has 0 saturated heterocycles. The van der Waals surface area contributed by atoms with E-state index in [0.717, 1.165) is 0 Å². The average Bonchev–Trinajstić information content (AvgIpc) is 2.27. The second-order valence-electron chi connectivity index (χ2n) is 2.19. The van der Waals surface area contributed by atoms with Crippen molar-refractivity contribution in [2.24, 2.45) is 0 Å². The predicted molar refractivity (Wildman–Crippen MR) is 62.8 cm³/mol. The first-order valence-electron chi connectivity index (χ1n) is 2.93. The molecule has 0 aliphatic carbocycles. The summed E-state index contributed by atoms with van der Waals surface area (Å²) >= 11 is 35.3. The van der Waals surface area contributed by atoms with Crippen LogP contribution in [0.25, 0.3) is 0 Å². The highest BCUT2D eigenvalue weighted by molar-refractivity contribution is 7.08. The van der Waals surface area contributed by atoms with Crippen LogP contribution in [0.1, 0.15) is 11.1 Å². The van der Waals surface area contributed by atoms with Crippen LogP contribution in [0.2, 0.25) is 0 Å². The monoisotopic (exact) mass is 316 g/mol. The van der Waals surface area contributed by atoms with Crippen LogP contribution in [0.4, 0.5) is 0 Å². The fourth-order valence-corrected chi connectivity index (χ4v) is 3.01. The zero-order valence-electron chi connectivity index (χ0n) is 5.83. The third-order valence-corrected chi connectivity index (χ3v) is 3.24. The molecule has 0 bridgehead atoms.